The van der Waals surface area contributed by atoms with E-state index in [-0.39, 0.29) is 18.2 Å². The molecule has 11 heteroatoms. The second-order valence-electron chi connectivity index (χ2n) is 6.19. The Morgan fingerprint density at radius 2 is 2.08 bits per heavy atom. The Balaban J connectivity index is 1.27. The normalized spacial score (nSPS) is 16.5. The number of benzene rings is 1. The zero-order chi connectivity index (χ0) is 17.7. The van der Waals surface area contributed by atoms with Crippen LogP contribution in [0.25, 0.3) is 4.96 Å². The molecule has 0 unspecified atom stereocenters. The van der Waals surface area contributed by atoms with Gasteiger partial charge in [-0.25, -0.2) is 13.1 Å². The number of aromatic nitrogens is 4. The smallest absolute Gasteiger partial charge is 0.240 e. The number of nitrogens with zero attached hydrogens (tertiary/aromatic N) is 4. The van der Waals surface area contributed by atoms with Crippen molar-refractivity contribution in [2.75, 3.05) is 13.3 Å². The van der Waals surface area contributed by atoms with Crippen LogP contribution in [0, 0.1) is 0 Å². The maximum Gasteiger partial charge on any atom is 0.240 e. The molecule has 1 N–H and O–H groups in total. The van der Waals surface area contributed by atoms with E-state index in [4.69, 9.17) is 9.47 Å². The van der Waals surface area contributed by atoms with Gasteiger partial charge in [0.05, 0.1) is 4.90 Å². The molecule has 26 heavy (non-hydrogen) atoms. The van der Waals surface area contributed by atoms with Crippen molar-refractivity contribution in [3.63, 3.8) is 0 Å². The van der Waals surface area contributed by atoms with Gasteiger partial charge in [-0.1, -0.05) is 11.3 Å². The van der Waals surface area contributed by atoms with Crippen molar-refractivity contribution in [2.24, 2.45) is 0 Å². The highest BCUT2D eigenvalue weighted by Crippen LogP contribution is 2.39. The summed E-state index contributed by atoms with van der Waals surface area (Å²) < 4.78 is 39.7. The van der Waals surface area contributed by atoms with Crippen LogP contribution in [0.15, 0.2) is 23.1 Å². The molecule has 1 aliphatic heterocycles. The first-order valence-corrected chi connectivity index (χ1v) is 10.5. The van der Waals surface area contributed by atoms with Gasteiger partial charge >= 0.3 is 0 Å². The molecule has 1 aliphatic carbocycles. The largest absolute Gasteiger partial charge is 0.454 e. The summed E-state index contributed by atoms with van der Waals surface area (Å²) in [6, 6.07) is 4.57. The lowest BCUT2D eigenvalue weighted by Crippen LogP contribution is -2.26. The van der Waals surface area contributed by atoms with Gasteiger partial charge in [-0.3, -0.25) is 0 Å². The lowest BCUT2D eigenvalue weighted by molar-refractivity contribution is 0.174. The number of hydrogen-bond acceptors (Lipinski definition) is 8. The maximum absolute atomic E-state index is 12.4. The number of sulfonamides is 1. The standard InChI is InChI=1S/C15H15N5O4S2/c21-26(22,10-3-4-11-12(7-10)24-8-23-11)16-6-5-13-19-20-14(9-1-2-9)17-18-15(20)25-13/h3-4,7,9,16H,1-2,5-6,8H2. The number of hydrogen-bond donors (Lipinski definition) is 1. The fraction of sp³-hybridized carbons (Fsp3) is 0.400. The van der Waals surface area contributed by atoms with E-state index in [2.05, 4.69) is 20.0 Å². The number of nitrogens with one attached hydrogen (secondary N) is 1. The molecule has 3 heterocycles. The highest BCUT2D eigenvalue weighted by molar-refractivity contribution is 7.89. The summed E-state index contributed by atoms with van der Waals surface area (Å²) in [6.07, 6.45) is 2.74. The summed E-state index contributed by atoms with van der Waals surface area (Å²) in [7, 11) is -3.62. The van der Waals surface area contributed by atoms with Crippen molar-refractivity contribution in [1.82, 2.24) is 24.5 Å². The molecule has 0 atom stereocenters. The Kier molecular flexibility index (Phi) is 3.62. The highest BCUT2D eigenvalue weighted by atomic mass is 32.2. The molecule has 136 valence electrons. The van der Waals surface area contributed by atoms with Gasteiger partial charge in [-0.2, -0.15) is 9.61 Å². The monoisotopic (exact) mass is 393 g/mol. The van der Waals surface area contributed by atoms with Crippen LogP contribution in [0.1, 0.15) is 29.6 Å². The van der Waals surface area contributed by atoms with Crippen LogP contribution < -0.4 is 14.2 Å². The molecule has 0 saturated heterocycles. The van der Waals surface area contributed by atoms with Gasteiger partial charge < -0.3 is 9.47 Å². The molecular weight excluding hydrogens is 378 g/mol. The zero-order valence-electron chi connectivity index (χ0n) is 13.6. The van der Waals surface area contributed by atoms with Crippen LogP contribution in [0.3, 0.4) is 0 Å². The van der Waals surface area contributed by atoms with Gasteiger partial charge in [0.15, 0.2) is 17.3 Å². The van der Waals surface area contributed by atoms with E-state index in [0.29, 0.717) is 23.8 Å². The number of fused-ring (bicyclic) bond motifs is 2. The Morgan fingerprint density at radius 1 is 1.23 bits per heavy atom. The van der Waals surface area contributed by atoms with Crippen LogP contribution in [-0.4, -0.2) is 41.6 Å². The number of ether oxygens (including phenoxy) is 2. The van der Waals surface area contributed by atoms with E-state index in [0.717, 1.165) is 28.6 Å². The fourth-order valence-corrected chi connectivity index (χ4v) is 4.68. The molecule has 2 aliphatic rings. The van der Waals surface area contributed by atoms with Gasteiger partial charge in [-0.05, 0) is 25.0 Å². The van der Waals surface area contributed by atoms with Gasteiger partial charge in [-0.15, -0.1) is 10.2 Å². The summed E-state index contributed by atoms with van der Waals surface area (Å²) in [6.45, 7) is 0.357. The second kappa shape index (κ2) is 5.89. The maximum atomic E-state index is 12.4. The van der Waals surface area contributed by atoms with Crippen LogP contribution in [0.4, 0.5) is 0 Å². The lowest BCUT2D eigenvalue weighted by Gasteiger charge is -2.06. The molecule has 3 aromatic rings. The van der Waals surface area contributed by atoms with E-state index in [9.17, 15) is 8.42 Å². The molecule has 1 aromatic carbocycles. The molecule has 2 aromatic heterocycles. The topological polar surface area (TPSA) is 108 Å². The predicted molar refractivity (Wildman–Crippen MR) is 92.1 cm³/mol. The molecule has 0 amide bonds. The molecule has 9 nitrogen and oxygen atoms in total. The summed E-state index contributed by atoms with van der Waals surface area (Å²) in [4.78, 5) is 0.899. The third kappa shape index (κ3) is 2.81. The van der Waals surface area contributed by atoms with Crippen molar-refractivity contribution in [3.05, 3.63) is 29.0 Å². The first-order valence-electron chi connectivity index (χ1n) is 8.20. The Hall–Kier alpha value is -2.24. The molecule has 0 radical (unpaired) electrons. The van der Waals surface area contributed by atoms with Gasteiger partial charge in [0, 0.05) is 24.9 Å². The third-order valence-corrected chi connectivity index (χ3v) is 6.70. The van der Waals surface area contributed by atoms with Crippen LogP contribution in [0.2, 0.25) is 0 Å². The van der Waals surface area contributed by atoms with Gasteiger partial charge in [0.25, 0.3) is 0 Å². The highest BCUT2D eigenvalue weighted by Gasteiger charge is 2.30. The number of rotatable bonds is 6. The van der Waals surface area contributed by atoms with E-state index in [1.54, 1.807) is 10.6 Å². The predicted octanol–water partition coefficient (Wildman–Crippen LogP) is 1.31. The van der Waals surface area contributed by atoms with Gasteiger partial charge in [0.1, 0.15) is 5.01 Å². The van der Waals surface area contributed by atoms with Crippen molar-refractivity contribution in [2.45, 2.75) is 30.1 Å². The minimum Gasteiger partial charge on any atom is -0.454 e. The molecule has 1 fully saturated rings. The van der Waals surface area contributed by atoms with Crippen molar-refractivity contribution in [1.29, 1.82) is 0 Å². The van der Waals surface area contributed by atoms with E-state index >= 15 is 0 Å². The molecular formula is C15H15N5O4S2. The fourth-order valence-electron chi connectivity index (χ4n) is 2.79. The lowest BCUT2D eigenvalue weighted by atomic mass is 10.3. The Bertz CT molecular complexity index is 1090. The molecule has 0 spiro atoms. The summed E-state index contributed by atoms with van der Waals surface area (Å²) >= 11 is 1.43. The summed E-state index contributed by atoms with van der Waals surface area (Å²) in [5.74, 6) is 2.36. The second-order valence-corrected chi connectivity index (χ2v) is 8.99. The van der Waals surface area contributed by atoms with Crippen molar-refractivity contribution < 1.29 is 17.9 Å². The van der Waals surface area contributed by atoms with Crippen molar-refractivity contribution in [3.8, 4) is 11.5 Å². The molecule has 1 saturated carbocycles. The third-order valence-electron chi connectivity index (χ3n) is 4.28. The first kappa shape index (κ1) is 16.0. The SMILES string of the molecule is O=S(=O)(NCCc1nn2c(C3CC3)nnc2s1)c1ccc2c(c1)OCO2. The average molecular weight is 393 g/mol. The summed E-state index contributed by atoms with van der Waals surface area (Å²) in [5, 5.41) is 13.7. The average Bonchev–Trinajstić information content (AvgIpc) is 3.04. The quantitative estimate of drug-likeness (QED) is 0.673. The minimum atomic E-state index is -3.62. The van der Waals surface area contributed by atoms with Crippen LogP contribution in [-0.2, 0) is 16.4 Å². The van der Waals surface area contributed by atoms with Crippen molar-refractivity contribution >= 4 is 26.3 Å². The van der Waals surface area contributed by atoms with E-state index in [1.807, 2.05) is 0 Å². The Morgan fingerprint density at radius 3 is 2.92 bits per heavy atom. The molecule has 0 bridgehead atoms. The zero-order valence-corrected chi connectivity index (χ0v) is 15.2. The minimum absolute atomic E-state index is 0.107. The summed E-state index contributed by atoms with van der Waals surface area (Å²) in [5.41, 5.74) is 0. The van der Waals surface area contributed by atoms with Gasteiger partial charge in [0.2, 0.25) is 21.8 Å². The van der Waals surface area contributed by atoms with Crippen LogP contribution in [0.5, 0.6) is 11.5 Å². The van der Waals surface area contributed by atoms with E-state index in [1.165, 1.54) is 23.5 Å². The first-order chi connectivity index (χ1) is 12.6. The van der Waals surface area contributed by atoms with Crippen LogP contribution >= 0.6 is 11.3 Å². The molecule has 5 rings (SSSR count). The van der Waals surface area contributed by atoms with E-state index < -0.39 is 10.0 Å². The Labute approximate surface area is 153 Å².